The Morgan fingerprint density at radius 3 is 2.36 bits per heavy atom. The topological polar surface area (TPSA) is 29.4 Å². The molecule has 0 aliphatic heterocycles. The fraction of sp³-hybridized carbons (Fsp3) is 0.364. The molecule has 0 atom stereocenters. The molecule has 0 aromatic heterocycles. The van der Waals surface area contributed by atoms with Crippen molar-refractivity contribution in [3.63, 3.8) is 0 Å². The van der Waals surface area contributed by atoms with Gasteiger partial charge < -0.3 is 0 Å². The van der Waals surface area contributed by atoms with Gasteiger partial charge in [-0.25, -0.2) is 9.18 Å². The second kappa shape index (κ2) is 3.35. The van der Waals surface area contributed by atoms with E-state index >= 15 is 0 Å². The second-order valence-electron chi connectivity index (χ2n) is 3.57. The van der Waals surface area contributed by atoms with Crippen molar-refractivity contribution in [2.45, 2.75) is 24.9 Å². The van der Waals surface area contributed by atoms with E-state index in [9.17, 15) is 9.18 Å². The number of isocyanates is 1. The molecule has 0 radical (unpaired) electrons. The van der Waals surface area contributed by atoms with Crippen LogP contribution in [0.1, 0.15) is 24.8 Å². The molecule has 1 aliphatic rings. The van der Waals surface area contributed by atoms with E-state index in [1.54, 1.807) is 24.3 Å². The Balaban J connectivity index is 2.25. The molecule has 0 amide bonds. The molecule has 0 unspecified atom stereocenters. The third-order valence-corrected chi connectivity index (χ3v) is 2.71. The van der Waals surface area contributed by atoms with Gasteiger partial charge in [0.2, 0.25) is 6.08 Å². The standard InChI is InChI=1S/C11H10FNO/c12-11(6-1-7-11)9-2-4-10(5-3-9)13-8-14/h2-5H,1,6-7H2. The molecule has 14 heavy (non-hydrogen) atoms. The summed E-state index contributed by atoms with van der Waals surface area (Å²) in [6.07, 6.45) is 3.60. The third kappa shape index (κ3) is 1.47. The fourth-order valence-corrected chi connectivity index (χ4v) is 1.66. The molecule has 1 saturated carbocycles. The summed E-state index contributed by atoms with van der Waals surface area (Å²) in [6, 6.07) is 6.66. The van der Waals surface area contributed by atoms with Gasteiger partial charge in [0, 0.05) is 0 Å². The van der Waals surface area contributed by atoms with E-state index in [2.05, 4.69) is 4.99 Å². The van der Waals surface area contributed by atoms with E-state index in [0.29, 0.717) is 24.1 Å². The summed E-state index contributed by atoms with van der Waals surface area (Å²) in [7, 11) is 0. The highest BCUT2D eigenvalue weighted by Crippen LogP contribution is 2.45. The average molecular weight is 191 g/mol. The smallest absolute Gasteiger partial charge is 0.239 e. The molecule has 2 rings (SSSR count). The number of nitrogens with zero attached hydrogens (tertiary/aromatic N) is 1. The van der Waals surface area contributed by atoms with E-state index < -0.39 is 5.67 Å². The molecule has 1 aromatic rings. The van der Waals surface area contributed by atoms with E-state index in [4.69, 9.17) is 0 Å². The van der Waals surface area contributed by atoms with E-state index in [1.165, 1.54) is 6.08 Å². The average Bonchev–Trinajstić information content (AvgIpc) is 2.16. The molecule has 1 aromatic carbocycles. The molecule has 2 nitrogen and oxygen atoms in total. The number of benzene rings is 1. The molecule has 3 heteroatoms. The van der Waals surface area contributed by atoms with Crippen molar-refractivity contribution in [2.75, 3.05) is 0 Å². The summed E-state index contributed by atoms with van der Waals surface area (Å²) in [4.78, 5) is 13.4. The lowest BCUT2D eigenvalue weighted by molar-refractivity contribution is 0.0609. The van der Waals surface area contributed by atoms with E-state index in [0.717, 1.165) is 6.42 Å². The van der Waals surface area contributed by atoms with Crippen LogP contribution in [0.25, 0.3) is 0 Å². The number of alkyl halides is 1. The van der Waals surface area contributed by atoms with Gasteiger partial charge in [0.05, 0.1) is 5.69 Å². The van der Waals surface area contributed by atoms with E-state index in [1.807, 2.05) is 0 Å². The van der Waals surface area contributed by atoms with Gasteiger partial charge in [-0.1, -0.05) is 12.1 Å². The van der Waals surface area contributed by atoms with Gasteiger partial charge in [-0.05, 0) is 37.0 Å². The van der Waals surface area contributed by atoms with Crippen molar-refractivity contribution in [3.8, 4) is 0 Å². The Kier molecular flexibility index (Phi) is 2.18. The van der Waals surface area contributed by atoms with Gasteiger partial charge in [-0.15, -0.1) is 0 Å². The summed E-state index contributed by atoms with van der Waals surface area (Å²) in [5, 5.41) is 0. The molecular formula is C11H10FNO. The highest BCUT2D eigenvalue weighted by Gasteiger charge is 2.38. The van der Waals surface area contributed by atoms with Crippen LogP contribution in [0.4, 0.5) is 10.1 Å². The zero-order valence-electron chi connectivity index (χ0n) is 7.66. The van der Waals surface area contributed by atoms with Crippen LogP contribution >= 0.6 is 0 Å². The third-order valence-electron chi connectivity index (χ3n) is 2.71. The zero-order valence-corrected chi connectivity index (χ0v) is 7.66. The highest BCUT2D eigenvalue weighted by atomic mass is 19.1. The first kappa shape index (κ1) is 9.10. The maximum Gasteiger partial charge on any atom is 0.240 e. The van der Waals surface area contributed by atoms with Gasteiger partial charge in [0.1, 0.15) is 5.67 Å². The first-order valence-electron chi connectivity index (χ1n) is 4.62. The van der Waals surface area contributed by atoms with Gasteiger partial charge in [-0.3, -0.25) is 0 Å². The predicted octanol–water partition coefficient (Wildman–Crippen LogP) is 3.00. The molecule has 0 heterocycles. The number of rotatable bonds is 2. The SMILES string of the molecule is O=C=Nc1ccc(C2(F)CCC2)cc1. The van der Waals surface area contributed by atoms with Crippen molar-refractivity contribution in [2.24, 2.45) is 4.99 Å². The van der Waals surface area contributed by atoms with Gasteiger partial charge in [-0.2, -0.15) is 4.99 Å². The molecule has 0 N–H and O–H groups in total. The normalized spacial score (nSPS) is 18.1. The summed E-state index contributed by atoms with van der Waals surface area (Å²) < 4.78 is 13.8. The lowest BCUT2D eigenvalue weighted by atomic mass is 9.77. The van der Waals surface area contributed by atoms with Crippen molar-refractivity contribution >= 4 is 11.8 Å². The Labute approximate surface area is 81.5 Å². The largest absolute Gasteiger partial charge is 0.240 e. The number of aliphatic imine (C=N–C) groups is 1. The van der Waals surface area contributed by atoms with Crippen LogP contribution in [0.3, 0.4) is 0 Å². The maximum atomic E-state index is 13.8. The minimum atomic E-state index is -1.14. The molecular weight excluding hydrogens is 181 g/mol. The summed E-state index contributed by atoms with van der Waals surface area (Å²) in [5.74, 6) is 0. The molecule has 0 saturated heterocycles. The summed E-state index contributed by atoms with van der Waals surface area (Å²) in [5.41, 5.74) is 0.0731. The minimum Gasteiger partial charge on any atom is -0.239 e. The first-order chi connectivity index (χ1) is 6.74. The quantitative estimate of drug-likeness (QED) is 0.522. The van der Waals surface area contributed by atoms with Crippen LogP contribution in [0.5, 0.6) is 0 Å². The number of carbonyl (C=O) groups excluding carboxylic acids is 1. The molecule has 72 valence electrons. The Morgan fingerprint density at radius 2 is 1.93 bits per heavy atom. The number of hydrogen-bond donors (Lipinski definition) is 0. The van der Waals surface area contributed by atoms with Crippen LogP contribution in [-0.4, -0.2) is 6.08 Å². The van der Waals surface area contributed by atoms with Gasteiger partial charge >= 0.3 is 0 Å². The number of halogens is 1. The van der Waals surface area contributed by atoms with Crippen molar-refractivity contribution < 1.29 is 9.18 Å². The first-order valence-corrected chi connectivity index (χ1v) is 4.62. The lowest BCUT2D eigenvalue weighted by Gasteiger charge is -2.34. The van der Waals surface area contributed by atoms with Crippen molar-refractivity contribution in [1.29, 1.82) is 0 Å². The van der Waals surface area contributed by atoms with Crippen LogP contribution in [-0.2, 0) is 10.5 Å². The van der Waals surface area contributed by atoms with Gasteiger partial charge in [0.25, 0.3) is 0 Å². The zero-order chi connectivity index (χ0) is 10.0. The highest BCUT2D eigenvalue weighted by molar-refractivity contribution is 5.49. The van der Waals surface area contributed by atoms with E-state index in [-0.39, 0.29) is 0 Å². The lowest BCUT2D eigenvalue weighted by Crippen LogP contribution is -2.28. The van der Waals surface area contributed by atoms with Crippen molar-refractivity contribution in [1.82, 2.24) is 0 Å². The Bertz CT molecular complexity index is 375. The Hall–Kier alpha value is -1.47. The van der Waals surface area contributed by atoms with Crippen molar-refractivity contribution in [3.05, 3.63) is 29.8 Å². The molecule has 0 bridgehead atoms. The Morgan fingerprint density at radius 1 is 1.29 bits per heavy atom. The monoisotopic (exact) mass is 191 g/mol. The molecule has 1 aliphatic carbocycles. The van der Waals surface area contributed by atoms with Crippen LogP contribution < -0.4 is 0 Å². The minimum absolute atomic E-state index is 0.520. The van der Waals surface area contributed by atoms with Crippen LogP contribution in [0, 0.1) is 0 Å². The molecule has 0 spiro atoms. The second-order valence-corrected chi connectivity index (χ2v) is 3.57. The summed E-state index contributed by atoms with van der Waals surface area (Å²) >= 11 is 0. The number of hydrogen-bond acceptors (Lipinski definition) is 2. The summed E-state index contributed by atoms with van der Waals surface area (Å²) in [6.45, 7) is 0. The van der Waals surface area contributed by atoms with Crippen LogP contribution in [0.15, 0.2) is 29.3 Å². The maximum absolute atomic E-state index is 13.8. The van der Waals surface area contributed by atoms with Gasteiger partial charge in [0.15, 0.2) is 0 Å². The van der Waals surface area contributed by atoms with Crippen LogP contribution in [0.2, 0.25) is 0 Å². The predicted molar refractivity (Wildman–Crippen MR) is 50.9 cm³/mol. The molecule has 1 fully saturated rings. The fourth-order valence-electron chi connectivity index (χ4n) is 1.66.